The van der Waals surface area contributed by atoms with E-state index in [9.17, 15) is 26.7 Å². The first-order chi connectivity index (χ1) is 18.5. The number of rotatable bonds is 8. The number of hydrogen-bond donors (Lipinski definition) is 1. The minimum atomic E-state index is -4.93. The Labute approximate surface area is 215 Å². The Morgan fingerprint density at radius 1 is 1.10 bits per heavy atom. The Balaban J connectivity index is 1.71. The Bertz CT molecular complexity index is 1600. The summed E-state index contributed by atoms with van der Waals surface area (Å²) in [6.07, 6.45) is -0.342. The topological polar surface area (TPSA) is 110 Å². The lowest BCUT2D eigenvalue weighted by Gasteiger charge is -2.12. The van der Waals surface area contributed by atoms with Crippen molar-refractivity contribution in [3.8, 4) is 23.0 Å². The van der Waals surface area contributed by atoms with E-state index in [2.05, 4.69) is 24.7 Å². The van der Waals surface area contributed by atoms with Crippen LogP contribution in [0.2, 0.25) is 0 Å². The summed E-state index contributed by atoms with van der Waals surface area (Å²) in [5.41, 5.74) is 4.29. The number of nitrogens with two attached hydrogens (primary N) is 1. The molecule has 0 saturated heterocycles. The fraction of sp³-hybridized carbons (Fsp3) is 0.0833. The first kappa shape index (κ1) is 27.0. The number of benzene rings is 2. The van der Waals surface area contributed by atoms with Gasteiger partial charge >= 0.3 is 13.0 Å². The SMILES string of the molecule is NC=CC(=Nc1cccc(OC(F)(F)F)c1)c1nn(-c2ccc(-n3nccc3OC(F)F)cc2F)ccc1=O. The number of allylic oxidation sites excluding steroid dienone is 1. The second kappa shape index (κ2) is 11.1. The van der Waals surface area contributed by atoms with E-state index in [-0.39, 0.29) is 34.3 Å². The predicted octanol–water partition coefficient (Wildman–Crippen LogP) is 4.65. The van der Waals surface area contributed by atoms with E-state index in [1.165, 1.54) is 48.8 Å². The van der Waals surface area contributed by atoms with Crippen LogP contribution in [0.3, 0.4) is 0 Å². The molecule has 39 heavy (non-hydrogen) atoms. The Morgan fingerprint density at radius 3 is 2.59 bits per heavy atom. The van der Waals surface area contributed by atoms with Crippen LogP contribution in [0, 0.1) is 5.82 Å². The largest absolute Gasteiger partial charge is 0.573 e. The highest BCUT2D eigenvalue weighted by Crippen LogP contribution is 2.27. The van der Waals surface area contributed by atoms with Crippen molar-refractivity contribution in [2.75, 3.05) is 0 Å². The molecule has 202 valence electrons. The Hall–Kier alpha value is -5.08. The third-order valence-electron chi connectivity index (χ3n) is 4.85. The Kier molecular flexibility index (Phi) is 7.69. The van der Waals surface area contributed by atoms with E-state index in [1.807, 2.05) is 0 Å². The van der Waals surface area contributed by atoms with Gasteiger partial charge in [-0.15, -0.1) is 13.2 Å². The van der Waals surface area contributed by atoms with Gasteiger partial charge in [0, 0.05) is 30.5 Å². The molecule has 0 radical (unpaired) electrons. The zero-order valence-corrected chi connectivity index (χ0v) is 19.4. The molecule has 2 heterocycles. The highest BCUT2D eigenvalue weighted by Gasteiger charge is 2.31. The summed E-state index contributed by atoms with van der Waals surface area (Å²) in [4.78, 5) is 16.8. The van der Waals surface area contributed by atoms with E-state index in [0.717, 1.165) is 39.8 Å². The van der Waals surface area contributed by atoms with Crippen molar-refractivity contribution in [1.29, 1.82) is 0 Å². The van der Waals surface area contributed by atoms with Gasteiger partial charge in [0.2, 0.25) is 11.3 Å². The van der Waals surface area contributed by atoms with Crippen LogP contribution in [0.4, 0.5) is 32.0 Å². The minimum absolute atomic E-state index is 0.0157. The lowest BCUT2D eigenvalue weighted by atomic mass is 10.2. The zero-order valence-electron chi connectivity index (χ0n) is 19.4. The highest BCUT2D eigenvalue weighted by atomic mass is 19.4. The number of halogens is 6. The minimum Gasteiger partial charge on any atom is -0.417 e. The van der Waals surface area contributed by atoms with Gasteiger partial charge in [0.1, 0.15) is 11.4 Å². The van der Waals surface area contributed by atoms with E-state index in [1.54, 1.807) is 0 Å². The van der Waals surface area contributed by atoms with Crippen LogP contribution in [0.25, 0.3) is 11.4 Å². The van der Waals surface area contributed by atoms with Crippen molar-refractivity contribution in [3.05, 3.63) is 101 Å². The molecule has 2 N–H and O–H groups in total. The molecule has 0 spiro atoms. The number of alkyl halides is 5. The van der Waals surface area contributed by atoms with E-state index < -0.39 is 30.0 Å². The summed E-state index contributed by atoms with van der Waals surface area (Å²) in [7, 11) is 0. The number of ether oxygens (including phenoxy) is 2. The molecule has 2 aromatic carbocycles. The summed E-state index contributed by atoms with van der Waals surface area (Å²) in [5.74, 6) is -1.72. The third-order valence-corrected chi connectivity index (χ3v) is 4.85. The summed E-state index contributed by atoms with van der Waals surface area (Å²) in [6, 6.07) is 10.5. The van der Waals surface area contributed by atoms with Crippen LogP contribution in [0.1, 0.15) is 5.69 Å². The Morgan fingerprint density at radius 2 is 1.90 bits per heavy atom. The van der Waals surface area contributed by atoms with Gasteiger partial charge < -0.3 is 15.2 Å². The molecule has 0 bridgehead atoms. The highest BCUT2D eigenvalue weighted by molar-refractivity contribution is 6.08. The first-order valence-electron chi connectivity index (χ1n) is 10.8. The van der Waals surface area contributed by atoms with Gasteiger partial charge in [-0.3, -0.25) is 4.79 Å². The standard InChI is InChI=1S/C24H16F6N6O3/c25-17-13-15(36-21(7-10-32-36)38-23(26)27)4-5-19(17)35-11-8-20(37)22(34-35)18(6-9-31)33-14-2-1-3-16(12-14)39-24(28,29)30/h1-13,23H,31H2. The third kappa shape index (κ3) is 6.63. The smallest absolute Gasteiger partial charge is 0.417 e. The van der Waals surface area contributed by atoms with E-state index in [4.69, 9.17) is 5.73 Å². The summed E-state index contributed by atoms with van der Waals surface area (Å²) < 4.78 is 88.3. The van der Waals surface area contributed by atoms with Gasteiger partial charge in [0.25, 0.3) is 0 Å². The van der Waals surface area contributed by atoms with Gasteiger partial charge in [0.05, 0.1) is 23.3 Å². The maximum atomic E-state index is 15.1. The van der Waals surface area contributed by atoms with Crippen LogP contribution in [-0.2, 0) is 0 Å². The molecule has 4 aromatic rings. The molecule has 0 aliphatic heterocycles. The molecule has 0 unspecified atom stereocenters. The monoisotopic (exact) mass is 550 g/mol. The van der Waals surface area contributed by atoms with E-state index >= 15 is 4.39 Å². The number of nitrogens with zero attached hydrogens (tertiary/aromatic N) is 5. The van der Waals surface area contributed by atoms with Crippen molar-refractivity contribution in [1.82, 2.24) is 19.6 Å². The number of hydrogen-bond acceptors (Lipinski definition) is 7. The van der Waals surface area contributed by atoms with Crippen LogP contribution in [0.5, 0.6) is 11.6 Å². The average molecular weight is 550 g/mol. The summed E-state index contributed by atoms with van der Waals surface area (Å²) in [6.45, 7) is -3.12. The second-order valence-electron chi connectivity index (χ2n) is 7.47. The van der Waals surface area contributed by atoms with Crippen LogP contribution in [-0.4, -0.2) is 38.2 Å². The predicted molar refractivity (Wildman–Crippen MR) is 126 cm³/mol. The van der Waals surface area contributed by atoms with Crippen molar-refractivity contribution < 1.29 is 35.8 Å². The van der Waals surface area contributed by atoms with Crippen molar-refractivity contribution in [2.45, 2.75) is 13.0 Å². The molecule has 0 atom stereocenters. The van der Waals surface area contributed by atoms with Gasteiger partial charge in [-0.2, -0.15) is 19.0 Å². The first-order valence-corrected chi connectivity index (χ1v) is 10.8. The second-order valence-corrected chi connectivity index (χ2v) is 7.47. The normalized spacial score (nSPS) is 12.3. The van der Waals surface area contributed by atoms with E-state index in [0.29, 0.717) is 0 Å². The zero-order chi connectivity index (χ0) is 28.2. The van der Waals surface area contributed by atoms with Crippen molar-refractivity contribution >= 4 is 11.4 Å². The molecule has 4 rings (SSSR count). The molecular formula is C24H16F6N6O3. The maximum absolute atomic E-state index is 15.1. The molecule has 0 aliphatic carbocycles. The molecule has 0 amide bonds. The quantitative estimate of drug-likeness (QED) is 0.253. The van der Waals surface area contributed by atoms with Gasteiger partial charge in [-0.1, -0.05) is 6.07 Å². The number of aliphatic imine (C=N–C) groups is 1. The molecule has 0 aliphatic rings. The van der Waals surface area contributed by atoms with Gasteiger partial charge in [-0.25, -0.2) is 18.7 Å². The van der Waals surface area contributed by atoms with Crippen molar-refractivity contribution in [3.63, 3.8) is 0 Å². The number of aromatic nitrogens is 4. The van der Waals surface area contributed by atoms with Gasteiger partial charge in [0.15, 0.2) is 11.5 Å². The lowest BCUT2D eigenvalue weighted by Crippen LogP contribution is -2.21. The summed E-state index contributed by atoms with van der Waals surface area (Å²) in [5, 5.41) is 7.96. The molecular weight excluding hydrogens is 534 g/mol. The maximum Gasteiger partial charge on any atom is 0.573 e. The molecule has 2 aromatic heterocycles. The molecule has 0 fully saturated rings. The molecule has 9 nitrogen and oxygen atoms in total. The van der Waals surface area contributed by atoms with Crippen LogP contribution >= 0.6 is 0 Å². The molecule has 15 heteroatoms. The van der Waals surface area contributed by atoms with Crippen LogP contribution < -0.4 is 20.6 Å². The van der Waals surface area contributed by atoms with Crippen LogP contribution in [0.15, 0.2) is 89.1 Å². The average Bonchev–Trinajstić information content (AvgIpc) is 3.31. The van der Waals surface area contributed by atoms with Crippen molar-refractivity contribution in [2.24, 2.45) is 10.7 Å². The fourth-order valence-electron chi connectivity index (χ4n) is 3.35. The van der Waals surface area contributed by atoms with Gasteiger partial charge in [-0.05, 0) is 36.5 Å². The summed E-state index contributed by atoms with van der Waals surface area (Å²) >= 11 is 0. The fourth-order valence-corrected chi connectivity index (χ4v) is 3.35. The lowest BCUT2D eigenvalue weighted by molar-refractivity contribution is -0.274. The molecule has 0 saturated carbocycles.